The number of rotatable bonds is 6. The number of carbonyl (C=O) groups excluding carboxylic acids is 1. The molecule has 0 spiro atoms. The van der Waals surface area contributed by atoms with Gasteiger partial charge in [0.1, 0.15) is 0 Å². The number of aryl methyl sites for hydroxylation is 1. The highest BCUT2D eigenvalue weighted by Gasteiger charge is 2.03. The van der Waals surface area contributed by atoms with E-state index in [-0.39, 0.29) is 6.03 Å². The van der Waals surface area contributed by atoms with Crippen molar-refractivity contribution in [3.05, 3.63) is 53.7 Å². The standard InChI is InChI=1S/C15H15Cl2IN2OS/c16-12-5-3-10(8-13(12)17)9-20-15(21)19-7-1-2-11-4-6-14(18)22-11/h3-6,8H,1-2,7,9H2,(H2,19,20,21). The molecule has 0 radical (unpaired) electrons. The molecule has 3 nitrogen and oxygen atoms in total. The molecule has 2 N–H and O–H groups in total. The molecule has 0 saturated heterocycles. The van der Waals surface area contributed by atoms with Crippen LogP contribution in [-0.4, -0.2) is 12.6 Å². The van der Waals surface area contributed by atoms with Crippen molar-refractivity contribution in [2.75, 3.05) is 6.54 Å². The van der Waals surface area contributed by atoms with Crippen molar-refractivity contribution in [1.82, 2.24) is 10.6 Å². The summed E-state index contributed by atoms with van der Waals surface area (Å²) < 4.78 is 1.29. The number of thiophene rings is 1. The minimum absolute atomic E-state index is 0.174. The van der Waals surface area contributed by atoms with E-state index in [0.29, 0.717) is 23.1 Å². The summed E-state index contributed by atoms with van der Waals surface area (Å²) in [5.74, 6) is 0. The predicted octanol–water partition coefficient (Wildman–Crippen LogP) is 5.09. The van der Waals surface area contributed by atoms with Crippen LogP contribution in [0.2, 0.25) is 10.0 Å². The molecule has 0 aliphatic heterocycles. The summed E-state index contributed by atoms with van der Waals surface area (Å²) in [7, 11) is 0. The van der Waals surface area contributed by atoms with Crippen molar-refractivity contribution in [2.24, 2.45) is 0 Å². The second kappa shape index (κ2) is 8.96. The first-order chi connectivity index (χ1) is 10.5. The fourth-order valence-corrected chi connectivity index (χ4v) is 3.96. The third kappa shape index (κ3) is 5.95. The highest BCUT2D eigenvalue weighted by molar-refractivity contribution is 14.1. The van der Waals surface area contributed by atoms with E-state index in [2.05, 4.69) is 45.4 Å². The van der Waals surface area contributed by atoms with Crippen molar-refractivity contribution in [1.29, 1.82) is 0 Å². The van der Waals surface area contributed by atoms with Crippen LogP contribution in [-0.2, 0) is 13.0 Å². The first kappa shape index (κ1) is 17.8. The SMILES string of the molecule is O=C(NCCCc1ccc(I)s1)NCc1ccc(Cl)c(Cl)c1. The summed E-state index contributed by atoms with van der Waals surface area (Å²) in [6.45, 7) is 1.08. The summed E-state index contributed by atoms with van der Waals surface area (Å²) in [5, 5.41) is 6.65. The van der Waals surface area contributed by atoms with E-state index < -0.39 is 0 Å². The number of urea groups is 1. The molecule has 1 heterocycles. The molecule has 1 aromatic carbocycles. The number of amides is 2. The maximum absolute atomic E-state index is 11.7. The fourth-order valence-electron chi connectivity index (χ4n) is 1.85. The van der Waals surface area contributed by atoms with Gasteiger partial charge >= 0.3 is 6.03 Å². The van der Waals surface area contributed by atoms with Crippen LogP contribution in [0.1, 0.15) is 16.9 Å². The lowest BCUT2D eigenvalue weighted by Gasteiger charge is -2.08. The number of nitrogens with one attached hydrogen (secondary N) is 2. The molecule has 0 atom stereocenters. The average molecular weight is 469 g/mol. The van der Waals surface area contributed by atoms with Gasteiger partial charge in [-0.1, -0.05) is 29.3 Å². The molecule has 22 heavy (non-hydrogen) atoms. The van der Waals surface area contributed by atoms with E-state index in [1.54, 1.807) is 23.5 Å². The molecular formula is C15H15Cl2IN2OS. The minimum Gasteiger partial charge on any atom is -0.338 e. The normalized spacial score (nSPS) is 10.5. The Morgan fingerprint density at radius 2 is 1.95 bits per heavy atom. The molecule has 0 aliphatic rings. The summed E-state index contributed by atoms with van der Waals surface area (Å²) in [5.41, 5.74) is 0.915. The smallest absolute Gasteiger partial charge is 0.315 e. The molecule has 2 rings (SSSR count). The molecular weight excluding hydrogens is 454 g/mol. The highest BCUT2D eigenvalue weighted by atomic mass is 127. The van der Waals surface area contributed by atoms with Gasteiger partial charge in [0.15, 0.2) is 0 Å². The van der Waals surface area contributed by atoms with Crippen molar-refractivity contribution >= 4 is 63.2 Å². The van der Waals surface area contributed by atoms with Gasteiger partial charge in [0, 0.05) is 18.0 Å². The van der Waals surface area contributed by atoms with E-state index in [1.165, 1.54) is 7.76 Å². The van der Waals surface area contributed by atoms with Gasteiger partial charge in [-0.3, -0.25) is 0 Å². The van der Waals surface area contributed by atoms with Crippen molar-refractivity contribution in [3.63, 3.8) is 0 Å². The summed E-state index contributed by atoms with van der Waals surface area (Å²) in [6, 6.07) is 9.39. The van der Waals surface area contributed by atoms with Gasteiger partial charge in [-0.25, -0.2) is 4.79 Å². The molecule has 0 fully saturated rings. The van der Waals surface area contributed by atoms with Crippen molar-refractivity contribution in [2.45, 2.75) is 19.4 Å². The summed E-state index contributed by atoms with van der Waals surface area (Å²) in [4.78, 5) is 13.1. The Morgan fingerprint density at radius 3 is 2.64 bits per heavy atom. The first-order valence-electron chi connectivity index (χ1n) is 6.74. The van der Waals surface area contributed by atoms with Gasteiger partial charge in [-0.15, -0.1) is 11.3 Å². The van der Waals surface area contributed by atoms with Gasteiger partial charge in [0.2, 0.25) is 0 Å². The fraction of sp³-hybridized carbons (Fsp3) is 0.267. The second-order valence-electron chi connectivity index (χ2n) is 4.67. The monoisotopic (exact) mass is 468 g/mol. The van der Waals surface area contributed by atoms with E-state index in [1.807, 2.05) is 6.07 Å². The van der Waals surface area contributed by atoms with Crippen LogP contribution >= 0.6 is 57.1 Å². The quantitative estimate of drug-likeness (QED) is 0.449. The minimum atomic E-state index is -0.174. The van der Waals surface area contributed by atoms with E-state index in [0.717, 1.165) is 18.4 Å². The molecule has 1 aromatic heterocycles. The molecule has 0 saturated carbocycles. The predicted molar refractivity (Wildman–Crippen MR) is 102 cm³/mol. The molecule has 2 amide bonds. The lowest BCUT2D eigenvalue weighted by molar-refractivity contribution is 0.240. The number of hydrogen-bond acceptors (Lipinski definition) is 2. The molecule has 118 valence electrons. The van der Waals surface area contributed by atoms with Crippen LogP contribution in [0.4, 0.5) is 4.79 Å². The van der Waals surface area contributed by atoms with Crippen LogP contribution in [0.3, 0.4) is 0 Å². The lowest BCUT2D eigenvalue weighted by Crippen LogP contribution is -2.35. The maximum atomic E-state index is 11.7. The summed E-state index contributed by atoms with van der Waals surface area (Å²) >= 11 is 15.9. The second-order valence-corrected chi connectivity index (χ2v) is 8.54. The summed E-state index contributed by atoms with van der Waals surface area (Å²) in [6.07, 6.45) is 1.91. The zero-order valence-corrected chi connectivity index (χ0v) is 16.2. The molecule has 0 bridgehead atoms. The van der Waals surface area contributed by atoms with Gasteiger partial charge in [0.05, 0.1) is 12.9 Å². The highest BCUT2D eigenvalue weighted by Crippen LogP contribution is 2.22. The zero-order chi connectivity index (χ0) is 15.9. The van der Waals surface area contributed by atoms with Crippen LogP contribution in [0, 0.1) is 2.88 Å². The lowest BCUT2D eigenvalue weighted by atomic mass is 10.2. The third-order valence-corrected chi connectivity index (χ3v) is 5.64. The topological polar surface area (TPSA) is 41.1 Å². The Kier molecular flexibility index (Phi) is 7.27. The first-order valence-corrected chi connectivity index (χ1v) is 9.39. The van der Waals surface area contributed by atoms with E-state index in [4.69, 9.17) is 23.2 Å². The third-order valence-electron chi connectivity index (χ3n) is 2.95. The Bertz CT molecular complexity index is 648. The Hall–Kier alpha value is -0.500. The van der Waals surface area contributed by atoms with Crippen LogP contribution in [0.25, 0.3) is 0 Å². The zero-order valence-electron chi connectivity index (χ0n) is 11.7. The molecule has 7 heteroatoms. The van der Waals surface area contributed by atoms with E-state index in [9.17, 15) is 4.79 Å². The van der Waals surface area contributed by atoms with Gasteiger partial charge < -0.3 is 10.6 Å². The Morgan fingerprint density at radius 1 is 1.14 bits per heavy atom. The van der Waals surface area contributed by atoms with Gasteiger partial charge in [0.25, 0.3) is 0 Å². The van der Waals surface area contributed by atoms with Gasteiger partial charge in [-0.2, -0.15) is 0 Å². The molecule has 2 aromatic rings. The Labute approximate surface area is 157 Å². The number of carbonyl (C=O) groups is 1. The average Bonchev–Trinajstić information content (AvgIpc) is 2.90. The van der Waals surface area contributed by atoms with Crippen molar-refractivity contribution in [3.8, 4) is 0 Å². The number of hydrogen-bond donors (Lipinski definition) is 2. The maximum Gasteiger partial charge on any atom is 0.315 e. The number of halogens is 3. The van der Waals surface area contributed by atoms with Crippen LogP contribution in [0.5, 0.6) is 0 Å². The van der Waals surface area contributed by atoms with Crippen molar-refractivity contribution < 1.29 is 4.79 Å². The largest absolute Gasteiger partial charge is 0.338 e. The Balaban J connectivity index is 1.64. The van der Waals surface area contributed by atoms with Crippen LogP contribution < -0.4 is 10.6 Å². The van der Waals surface area contributed by atoms with Gasteiger partial charge in [-0.05, 0) is 65.3 Å². The molecule has 0 aliphatic carbocycles. The molecule has 0 unspecified atom stereocenters. The number of benzene rings is 1. The van der Waals surface area contributed by atoms with E-state index >= 15 is 0 Å². The van der Waals surface area contributed by atoms with Crippen LogP contribution in [0.15, 0.2) is 30.3 Å².